The van der Waals surface area contributed by atoms with Crippen LogP contribution in [0, 0.1) is 17.8 Å². The summed E-state index contributed by atoms with van der Waals surface area (Å²) < 4.78 is 6.15. The van der Waals surface area contributed by atoms with Crippen LogP contribution in [0.4, 0.5) is 0 Å². The number of terminal acetylenes is 1. The lowest BCUT2D eigenvalue weighted by molar-refractivity contribution is 0.169. The van der Waals surface area contributed by atoms with Crippen LogP contribution in [0.5, 0.6) is 0 Å². The highest BCUT2D eigenvalue weighted by Gasteiger charge is 2.38. The van der Waals surface area contributed by atoms with Gasteiger partial charge in [-0.05, 0) is 23.5 Å². The molecule has 0 aliphatic heterocycles. The van der Waals surface area contributed by atoms with Gasteiger partial charge in [-0.3, -0.25) is 0 Å². The fourth-order valence-corrected chi connectivity index (χ4v) is 2.10. The van der Waals surface area contributed by atoms with Gasteiger partial charge in [0, 0.05) is 13.0 Å². The highest BCUT2D eigenvalue weighted by molar-refractivity contribution is 6.74. The van der Waals surface area contributed by atoms with Gasteiger partial charge in [0.15, 0.2) is 8.32 Å². The second-order valence-electron chi connectivity index (χ2n) is 6.59. The van der Waals surface area contributed by atoms with Gasteiger partial charge >= 0.3 is 0 Å². The molecule has 0 heterocycles. The van der Waals surface area contributed by atoms with Gasteiger partial charge in [-0.25, -0.2) is 0 Å². The number of hydrogen-bond acceptors (Lipinski definition) is 1. The maximum Gasteiger partial charge on any atom is 0.192 e. The van der Waals surface area contributed by atoms with Crippen molar-refractivity contribution >= 4 is 8.32 Å². The average Bonchev–Trinajstić information content (AvgIpc) is 1.99. The number of rotatable bonds is 4. The Bertz CT molecular complexity index is 240. The summed E-state index contributed by atoms with van der Waals surface area (Å²) in [6.07, 6.45) is 6.12. The van der Waals surface area contributed by atoms with Crippen LogP contribution in [0.2, 0.25) is 18.1 Å². The van der Waals surface area contributed by atoms with Crippen LogP contribution in [-0.4, -0.2) is 14.9 Å². The molecule has 0 aromatic carbocycles. The summed E-state index contributed by atoms with van der Waals surface area (Å²) in [6, 6.07) is 0. The molecule has 0 radical (unpaired) electrons. The van der Waals surface area contributed by atoms with E-state index in [0.29, 0.717) is 0 Å². The molecule has 0 aliphatic carbocycles. The summed E-state index contributed by atoms with van der Waals surface area (Å²) in [5.41, 5.74) is 0.101. The van der Waals surface area contributed by atoms with Gasteiger partial charge in [-0.15, -0.1) is 12.3 Å². The zero-order valence-electron chi connectivity index (χ0n) is 11.4. The van der Waals surface area contributed by atoms with E-state index in [2.05, 4.69) is 53.6 Å². The minimum Gasteiger partial charge on any atom is -0.416 e. The lowest BCUT2D eigenvalue weighted by atomic mass is 9.91. The Morgan fingerprint density at radius 3 is 1.93 bits per heavy atom. The largest absolute Gasteiger partial charge is 0.416 e. The van der Waals surface area contributed by atoms with Crippen LogP contribution < -0.4 is 0 Å². The van der Waals surface area contributed by atoms with Crippen molar-refractivity contribution in [1.29, 1.82) is 0 Å². The van der Waals surface area contributed by atoms with Gasteiger partial charge in [0.1, 0.15) is 0 Å². The summed E-state index contributed by atoms with van der Waals surface area (Å²) in [6.45, 7) is 16.4. The van der Waals surface area contributed by atoms with Crippen LogP contribution in [0.25, 0.3) is 0 Å². The van der Waals surface area contributed by atoms with Crippen molar-refractivity contribution in [3.8, 4) is 12.3 Å². The van der Waals surface area contributed by atoms with Crippen molar-refractivity contribution < 1.29 is 4.43 Å². The third-order valence-electron chi connectivity index (χ3n) is 3.21. The molecule has 0 rings (SSSR count). The van der Waals surface area contributed by atoms with Gasteiger partial charge in [0.2, 0.25) is 0 Å². The molecule has 0 saturated carbocycles. The summed E-state index contributed by atoms with van der Waals surface area (Å²) in [5, 5.41) is 0.277. The standard InChI is InChI=1S/C13H26OSi/c1-9-10-13(5,6)11-14-15(7,8)12(2,3)4/h1H,10-11H2,2-8H3. The van der Waals surface area contributed by atoms with Crippen molar-refractivity contribution in [2.75, 3.05) is 6.61 Å². The van der Waals surface area contributed by atoms with E-state index in [-0.39, 0.29) is 10.5 Å². The maximum atomic E-state index is 6.15. The Hall–Kier alpha value is -0.263. The van der Waals surface area contributed by atoms with Gasteiger partial charge < -0.3 is 4.43 Å². The number of hydrogen-bond donors (Lipinski definition) is 0. The third kappa shape index (κ3) is 4.86. The monoisotopic (exact) mass is 226 g/mol. The molecule has 0 amide bonds. The van der Waals surface area contributed by atoms with Crippen molar-refractivity contribution in [1.82, 2.24) is 0 Å². The predicted molar refractivity (Wildman–Crippen MR) is 70.4 cm³/mol. The molecule has 15 heavy (non-hydrogen) atoms. The van der Waals surface area contributed by atoms with Crippen LogP contribution in [-0.2, 0) is 4.43 Å². The Morgan fingerprint density at radius 2 is 1.60 bits per heavy atom. The summed E-state index contributed by atoms with van der Waals surface area (Å²) in [7, 11) is -1.61. The SMILES string of the molecule is C#CCC(C)(C)CO[Si](C)(C)C(C)(C)C. The summed E-state index contributed by atoms with van der Waals surface area (Å²) >= 11 is 0. The molecular weight excluding hydrogens is 200 g/mol. The van der Waals surface area contributed by atoms with E-state index in [9.17, 15) is 0 Å². The summed E-state index contributed by atoms with van der Waals surface area (Å²) in [4.78, 5) is 0. The van der Waals surface area contributed by atoms with E-state index in [0.717, 1.165) is 13.0 Å². The Balaban J connectivity index is 4.34. The molecule has 0 aromatic heterocycles. The Labute approximate surface area is 96.7 Å². The van der Waals surface area contributed by atoms with E-state index in [4.69, 9.17) is 10.8 Å². The quantitative estimate of drug-likeness (QED) is 0.519. The molecular formula is C13H26OSi. The molecule has 2 heteroatoms. The molecule has 0 aliphatic rings. The van der Waals surface area contributed by atoms with E-state index in [1.165, 1.54) is 0 Å². The second kappa shape index (κ2) is 4.72. The van der Waals surface area contributed by atoms with Crippen molar-refractivity contribution in [2.24, 2.45) is 5.41 Å². The van der Waals surface area contributed by atoms with Crippen molar-refractivity contribution in [2.45, 2.75) is 59.2 Å². The van der Waals surface area contributed by atoms with Gasteiger partial charge in [-0.2, -0.15) is 0 Å². The molecule has 0 saturated heterocycles. The smallest absolute Gasteiger partial charge is 0.192 e. The van der Waals surface area contributed by atoms with Crippen molar-refractivity contribution in [3.05, 3.63) is 0 Å². The first-order valence-corrected chi connectivity index (χ1v) is 8.50. The zero-order chi connectivity index (χ0) is 12.3. The van der Waals surface area contributed by atoms with E-state index in [1.807, 2.05) is 0 Å². The van der Waals surface area contributed by atoms with Gasteiger partial charge in [-0.1, -0.05) is 34.6 Å². The molecule has 0 aromatic rings. The van der Waals surface area contributed by atoms with Crippen LogP contribution in [0.3, 0.4) is 0 Å². The van der Waals surface area contributed by atoms with E-state index in [1.54, 1.807) is 0 Å². The summed E-state index contributed by atoms with van der Waals surface area (Å²) in [5.74, 6) is 2.72. The molecule has 0 spiro atoms. The van der Waals surface area contributed by atoms with Crippen molar-refractivity contribution in [3.63, 3.8) is 0 Å². The lowest BCUT2D eigenvalue weighted by Gasteiger charge is -2.38. The molecule has 1 nitrogen and oxygen atoms in total. The minimum atomic E-state index is -1.61. The topological polar surface area (TPSA) is 9.23 Å². The van der Waals surface area contributed by atoms with Gasteiger partial charge in [0.05, 0.1) is 0 Å². The Kier molecular flexibility index (Phi) is 4.63. The third-order valence-corrected chi connectivity index (χ3v) is 7.69. The van der Waals surface area contributed by atoms with Crippen LogP contribution >= 0.6 is 0 Å². The second-order valence-corrected chi connectivity index (χ2v) is 11.4. The lowest BCUT2D eigenvalue weighted by Crippen LogP contribution is -2.43. The first kappa shape index (κ1) is 14.7. The van der Waals surface area contributed by atoms with Crippen LogP contribution in [0.1, 0.15) is 41.0 Å². The fourth-order valence-electron chi connectivity index (χ4n) is 0.920. The molecule has 88 valence electrons. The Morgan fingerprint density at radius 1 is 1.13 bits per heavy atom. The molecule has 0 unspecified atom stereocenters. The highest BCUT2D eigenvalue weighted by Crippen LogP contribution is 2.37. The van der Waals surface area contributed by atoms with E-state index < -0.39 is 8.32 Å². The van der Waals surface area contributed by atoms with Crippen LogP contribution in [0.15, 0.2) is 0 Å². The van der Waals surface area contributed by atoms with E-state index >= 15 is 0 Å². The molecule has 0 bridgehead atoms. The first-order chi connectivity index (χ1) is 6.52. The fraction of sp³-hybridized carbons (Fsp3) is 0.846. The maximum absolute atomic E-state index is 6.15. The molecule has 0 atom stereocenters. The first-order valence-electron chi connectivity index (χ1n) is 5.59. The average molecular weight is 226 g/mol. The molecule has 0 fully saturated rings. The minimum absolute atomic E-state index is 0.101. The zero-order valence-corrected chi connectivity index (χ0v) is 12.4. The molecule has 0 N–H and O–H groups in total. The highest BCUT2D eigenvalue weighted by atomic mass is 28.4. The normalized spacial score (nSPS) is 13.7. The predicted octanol–water partition coefficient (Wildman–Crippen LogP) is 4.06. The van der Waals surface area contributed by atoms with Gasteiger partial charge in [0.25, 0.3) is 0 Å².